The van der Waals surface area contributed by atoms with Crippen molar-refractivity contribution in [2.75, 3.05) is 6.54 Å². The summed E-state index contributed by atoms with van der Waals surface area (Å²) in [5.74, 6) is -3.10. The van der Waals surface area contributed by atoms with Crippen molar-refractivity contribution >= 4 is 23.7 Å². The number of H-pyrrole nitrogens is 2. The number of hydrogen-bond acceptors (Lipinski definition) is 7. The normalized spacial score (nSPS) is 13.7. The fourth-order valence-corrected chi connectivity index (χ4v) is 2.57. The lowest BCUT2D eigenvalue weighted by atomic mass is 10.1. The van der Waals surface area contributed by atoms with Gasteiger partial charge in [0.2, 0.25) is 17.7 Å². The van der Waals surface area contributed by atoms with Crippen LogP contribution in [0.2, 0.25) is 0 Å². The van der Waals surface area contributed by atoms with Crippen molar-refractivity contribution in [3.63, 3.8) is 0 Å². The Labute approximate surface area is 171 Å². The van der Waals surface area contributed by atoms with Crippen molar-refractivity contribution in [1.82, 2.24) is 35.9 Å². The molecule has 0 bridgehead atoms. The molecule has 2 rings (SSSR count). The van der Waals surface area contributed by atoms with Crippen LogP contribution in [0.5, 0.6) is 0 Å². The van der Waals surface area contributed by atoms with Gasteiger partial charge in [-0.25, -0.2) is 14.8 Å². The second-order valence-corrected chi connectivity index (χ2v) is 6.52. The summed E-state index contributed by atoms with van der Waals surface area (Å²) in [4.78, 5) is 61.3. The average molecular weight is 420 g/mol. The Hall–Kier alpha value is -3.74. The molecule has 0 saturated carbocycles. The number of carbonyl (C=O) groups excluding carboxylic acids is 3. The van der Waals surface area contributed by atoms with Gasteiger partial charge in [-0.1, -0.05) is 0 Å². The van der Waals surface area contributed by atoms with E-state index in [1.807, 2.05) is 0 Å². The molecule has 3 unspecified atom stereocenters. The van der Waals surface area contributed by atoms with Crippen LogP contribution in [0.15, 0.2) is 25.0 Å². The van der Waals surface area contributed by atoms with Crippen molar-refractivity contribution in [3.8, 4) is 0 Å². The first kappa shape index (κ1) is 22.5. The van der Waals surface area contributed by atoms with Crippen LogP contribution in [0, 0.1) is 0 Å². The van der Waals surface area contributed by atoms with E-state index in [1.54, 1.807) is 0 Å². The summed E-state index contributed by atoms with van der Waals surface area (Å²) in [5.41, 5.74) is 6.42. The number of carbonyl (C=O) groups is 4. The summed E-state index contributed by atoms with van der Waals surface area (Å²) in [7, 11) is 0. The number of rotatable bonds is 11. The number of nitrogens with one attached hydrogen (secondary N) is 5. The van der Waals surface area contributed by atoms with Crippen LogP contribution in [-0.2, 0) is 32.0 Å². The lowest BCUT2D eigenvalue weighted by molar-refractivity contribution is -0.142. The van der Waals surface area contributed by atoms with Crippen molar-refractivity contribution in [1.29, 1.82) is 0 Å². The molecule has 0 aromatic carbocycles. The standard InChI is InChI=1S/C17H24N8O5/c1-9(15(27)25-13(17(29)30)3-11-6-20-8-22-11)23-16(28)12(24-14(26)4-18)2-10-5-19-7-21-10/h5-9,12-13H,2-4,18H2,1H3,(H,19,21)(H,20,22)(H,23,28)(H,24,26)(H,25,27)(H,29,30). The van der Waals surface area contributed by atoms with Gasteiger partial charge < -0.3 is 36.8 Å². The number of aromatic nitrogens is 4. The number of nitrogens with zero attached hydrogens (tertiary/aromatic N) is 2. The van der Waals surface area contributed by atoms with Gasteiger partial charge in [0, 0.05) is 36.6 Å². The van der Waals surface area contributed by atoms with Crippen LogP contribution in [0.1, 0.15) is 18.3 Å². The Morgan fingerprint density at radius 2 is 1.53 bits per heavy atom. The molecule has 0 aliphatic carbocycles. The summed E-state index contributed by atoms with van der Waals surface area (Å²) < 4.78 is 0. The molecule has 3 amide bonds. The topological polar surface area (TPSA) is 208 Å². The molecule has 13 heteroatoms. The third kappa shape index (κ3) is 6.70. The average Bonchev–Trinajstić information content (AvgIpc) is 3.40. The molecule has 0 fully saturated rings. The zero-order chi connectivity index (χ0) is 22.1. The quantitative estimate of drug-likeness (QED) is 0.205. The number of aliphatic carboxylic acids is 1. The number of nitrogens with two attached hydrogens (primary N) is 1. The number of hydrogen-bond donors (Lipinski definition) is 7. The van der Waals surface area contributed by atoms with Gasteiger partial charge in [-0.3, -0.25) is 14.4 Å². The number of imidazole rings is 2. The maximum absolute atomic E-state index is 12.6. The fraction of sp³-hybridized carbons (Fsp3) is 0.412. The third-order valence-electron chi connectivity index (χ3n) is 4.16. The second-order valence-electron chi connectivity index (χ2n) is 6.52. The lowest BCUT2D eigenvalue weighted by Gasteiger charge is -2.22. The number of aromatic amines is 2. The van der Waals surface area contributed by atoms with Crippen LogP contribution in [0.4, 0.5) is 0 Å². The minimum atomic E-state index is -1.23. The predicted octanol–water partition coefficient (Wildman–Crippen LogP) is -2.56. The summed E-state index contributed by atoms with van der Waals surface area (Å²) in [5, 5.41) is 16.7. The van der Waals surface area contributed by atoms with E-state index in [0.717, 1.165) is 0 Å². The Kier molecular flexibility index (Phi) is 8.05. The van der Waals surface area contributed by atoms with Gasteiger partial charge in [-0.2, -0.15) is 0 Å². The largest absolute Gasteiger partial charge is 0.480 e. The molecule has 13 nitrogen and oxygen atoms in total. The van der Waals surface area contributed by atoms with Crippen molar-refractivity contribution in [2.45, 2.75) is 37.9 Å². The fourth-order valence-electron chi connectivity index (χ4n) is 2.57. The maximum Gasteiger partial charge on any atom is 0.326 e. The van der Waals surface area contributed by atoms with E-state index < -0.39 is 41.8 Å². The molecule has 3 atom stereocenters. The van der Waals surface area contributed by atoms with Gasteiger partial charge in [0.05, 0.1) is 19.2 Å². The second kappa shape index (κ2) is 10.7. The molecule has 2 heterocycles. The van der Waals surface area contributed by atoms with Gasteiger partial charge in [-0.05, 0) is 6.92 Å². The third-order valence-corrected chi connectivity index (χ3v) is 4.16. The van der Waals surface area contributed by atoms with Crippen LogP contribution in [-0.4, -0.2) is 73.4 Å². The van der Waals surface area contributed by atoms with Gasteiger partial charge in [0.15, 0.2) is 0 Å². The van der Waals surface area contributed by atoms with E-state index >= 15 is 0 Å². The zero-order valence-corrected chi connectivity index (χ0v) is 16.2. The summed E-state index contributed by atoms with van der Waals surface area (Å²) in [6.45, 7) is 1.09. The van der Waals surface area contributed by atoms with Crippen molar-refractivity contribution in [3.05, 3.63) is 36.4 Å². The highest BCUT2D eigenvalue weighted by molar-refractivity contribution is 5.93. The first-order chi connectivity index (χ1) is 14.3. The monoisotopic (exact) mass is 420 g/mol. The van der Waals surface area contributed by atoms with Crippen LogP contribution < -0.4 is 21.7 Å². The van der Waals surface area contributed by atoms with Gasteiger partial charge in [-0.15, -0.1) is 0 Å². The lowest BCUT2D eigenvalue weighted by Crippen LogP contribution is -2.56. The van der Waals surface area contributed by atoms with E-state index in [-0.39, 0.29) is 19.4 Å². The van der Waals surface area contributed by atoms with Gasteiger partial charge >= 0.3 is 5.97 Å². The molecular weight excluding hydrogens is 396 g/mol. The first-order valence-corrected chi connectivity index (χ1v) is 9.07. The minimum absolute atomic E-state index is 0.00323. The zero-order valence-electron chi connectivity index (χ0n) is 16.2. The van der Waals surface area contributed by atoms with E-state index in [2.05, 4.69) is 35.9 Å². The molecule has 0 radical (unpaired) electrons. The molecule has 8 N–H and O–H groups in total. The first-order valence-electron chi connectivity index (χ1n) is 9.07. The minimum Gasteiger partial charge on any atom is -0.480 e. The van der Waals surface area contributed by atoms with Gasteiger partial charge in [0.25, 0.3) is 0 Å². The molecule has 2 aromatic heterocycles. The van der Waals surface area contributed by atoms with Crippen LogP contribution >= 0.6 is 0 Å². The SMILES string of the molecule is CC(NC(=O)C(Cc1cnc[nH]1)NC(=O)CN)C(=O)NC(Cc1cnc[nH]1)C(=O)O. The Bertz CT molecular complexity index is 852. The highest BCUT2D eigenvalue weighted by Gasteiger charge is 2.27. The number of carboxylic acid groups (broad SMARTS) is 1. The molecular formula is C17H24N8O5. The molecule has 0 aliphatic rings. The highest BCUT2D eigenvalue weighted by Crippen LogP contribution is 2.02. The van der Waals surface area contributed by atoms with Crippen LogP contribution in [0.3, 0.4) is 0 Å². The predicted molar refractivity (Wildman–Crippen MR) is 103 cm³/mol. The van der Waals surface area contributed by atoms with Gasteiger partial charge in [0.1, 0.15) is 18.1 Å². The summed E-state index contributed by atoms with van der Waals surface area (Å²) in [6.07, 6.45) is 5.87. The smallest absolute Gasteiger partial charge is 0.326 e. The molecule has 0 aliphatic heterocycles. The summed E-state index contributed by atoms with van der Waals surface area (Å²) in [6, 6.07) is -3.27. The van der Waals surface area contributed by atoms with E-state index in [1.165, 1.54) is 32.0 Å². The van der Waals surface area contributed by atoms with Crippen molar-refractivity contribution < 1.29 is 24.3 Å². The summed E-state index contributed by atoms with van der Waals surface area (Å²) >= 11 is 0. The van der Waals surface area contributed by atoms with Crippen molar-refractivity contribution in [2.24, 2.45) is 5.73 Å². The Balaban J connectivity index is 1.98. The highest BCUT2D eigenvalue weighted by atomic mass is 16.4. The van der Waals surface area contributed by atoms with E-state index in [4.69, 9.17) is 5.73 Å². The maximum atomic E-state index is 12.6. The number of carboxylic acids is 1. The molecule has 162 valence electrons. The molecule has 0 spiro atoms. The number of amides is 3. The molecule has 0 saturated heterocycles. The molecule has 2 aromatic rings. The Morgan fingerprint density at radius 3 is 2.00 bits per heavy atom. The Morgan fingerprint density at radius 1 is 0.967 bits per heavy atom. The van der Waals surface area contributed by atoms with E-state index in [0.29, 0.717) is 11.4 Å². The van der Waals surface area contributed by atoms with Crippen LogP contribution in [0.25, 0.3) is 0 Å². The molecule has 30 heavy (non-hydrogen) atoms. The van der Waals surface area contributed by atoms with E-state index in [9.17, 15) is 24.3 Å².